The minimum absolute atomic E-state index is 0.0790. The van der Waals surface area contributed by atoms with Gasteiger partial charge in [0.05, 0.1) is 27.4 Å². The first-order chi connectivity index (χ1) is 18.8. The molecule has 0 unspecified atom stereocenters. The molecular weight excluding hydrogens is 516 g/mol. The van der Waals surface area contributed by atoms with Gasteiger partial charge in [0.15, 0.2) is 23.0 Å². The normalized spacial score (nSPS) is 28.9. The van der Waals surface area contributed by atoms with Crippen molar-refractivity contribution in [2.45, 2.75) is 37.1 Å². The summed E-state index contributed by atoms with van der Waals surface area (Å²) in [7, 11) is 3.10. The van der Waals surface area contributed by atoms with Crippen LogP contribution in [0.25, 0.3) is 6.08 Å². The standard InChI is InChI=1S/C27H30O12/c1-33-17-5-3-13(8-19(17)34-2)7-15-11-35-26(32)16(15)9-14-4-6-18-25(37-12-36-18)24(14)39-27-23(31)22(30)21(29)20(10-28)38-27/h3-6,8-9,15,20-23,27-31H,7,10-12H2,1-2H3/t15-,20+,21+,22-,23+,27-/m0/s1. The predicted octanol–water partition coefficient (Wildman–Crippen LogP) is 0.410. The van der Waals surface area contributed by atoms with Crippen LogP contribution in [0.15, 0.2) is 35.9 Å². The minimum atomic E-state index is -1.64. The van der Waals surface area contributed by atoms with Crippen molar-refractivity contribution in [3.63, 3.8) is 0 Å². The second-order valence-corrected chi connectivity index (χ2v) is 9.32. The van der Waals surface area contributed by atoms with E-state index in [1.807, 2.05) is 12.1 Å². The highest BCUT2D eigenvalue weighted by Gasteiger charge is 2.45. The fraction of sp³-hybridized carbons (Fsp3) is 0.444. The zero-order chi connectivity index (χ0) is 27.7. The molecule has 3 aliphatic heterocycles. The van der Waals surface area contributed by atoms with Crippen molar-refractivity contribution >= 4 is 12.0 Å². The van der Waals surface area contributed by atoms with E-state index in [-0.39, 0.29) is 30.8 Å². The number of hydrogen-bond acceptors (Lipinski definition) is 12. The van der Waals surface area contributed by atoms with Crippen LogP contribution in [0, 0.1) is 5.92 Å². The molecule has 0 amide bonds. The molecule has 0 saturated carbocycles. The van der Waals surface area contributed by atoms with Crippen LogP contribution in [0.5, 0.6) is 28.7 Å². The average Bonchev–Trinajstić information content (AvgIpc) is 3.56. The SMILES string of the molecule is COc1ccc(C[C@H]2COC(=O)C2=Cc2ccc3c(c2O[C@@H]2O[C@H](CO)[C@@H](O)[C@H](O)[C@H]2O)OCO3)cc1OC. The first kappa shape index (κ1) is 27.0. The van der Waals surface area contributed by atoms with E-state index in [0.29, 0.717) is 34.8 Å². The van der Waals surface area contributed by atoms with Gasteiger partial charge in [-0.2, -0.15) is 0 Å². The summed E-state index contributed by atoms with van der Waals surface area (Å²) in [6, 6.07) is 8.82. The fourth-order valence-corrected chi connectivity index (χ4v) is 4.80. The van der Waals surface area contributed by atoms with Crippen molar-refractivity contribution in [2.24, 2.45) is 5.92 Å². The molecule has 0 spiro atoms. The summed E-state index contributed by atoms with van der Waals surface area (Å²) in [6.45, 7) is -0.519. The first-order valence-corrected chi connectivity index (χ1v) is 12.3. The molecule has 12 nitrogen and oxygen atoms in total. The first-order valence-electron chi connectivity index (χ1n) is 12.3. The van der Waals surface area contributed by atoms with Crippen LogP contribution in [0.2, 0.25) is 0 Å². The highest BCUT2D eigenvalue weighted by atomic mass is 16.7. The van der Waals surface area contributed by atoms with Crippen molar-refractivity contribution < 1.29 is 58.4 Å². The molecule has 3 heterocycles. The summed E-state index contributed by atoms with van der Waals surface area (Å²) in [4.78, 5) is 12.8. The monoisotopic (exact) mass is 546 g/mol. The molecule has 6 atom stereocenters. The predicted molar refractivity (Wildman–Crippen MR) is 133 cm³/mol. The zero-order valence-corrected chi connectivity index (χ0v) is 21.3. The second-order valence-electron chi connectivity index (χ2n) is 9.32. The molecule has 12 heteroatoms. The summed E-state index contributed by atoms with van der Waals surface area (Å²) in [5, 5.41) is 40.4. The van der Waals surface area contributed by atoms with Crippen LogP contribution >= 0.6 is 0 Å². The molecule has 0 radical (unpaired) electrons. The number of carbonyl (C=O) groups is 1. The Balaban J connectivity index is 1.47. The van der Waals surface area contributed by atoms with Gasteiger partial charge in [-0.05, 0) is 42.3 Å². The molecule has 2 aromatic rings. The molecule has 2 saturated heterocycles. The second kappa shape index (κ2) is 11.3. The van der Waals surface area contributed by atoms with Gasteiger partial charge < -0.3 is 53.6 Å². The quantitative estimate of drug-likeness (QED) is 0.267. The summed E-state index contributed by atoms with van der Waals surface area (Å²) in [5.74, 6) is 1.05. The molecule has 4 N–H and O–H groups in total. The molecule has 0 bridgehead atoms. The van der Waals surface area contributed by atoms with Gasteiger partial charge in [-0.15, -0.1) is 0 Å². The summed E-state index contributed by atoms with van der Waals surface area (Å²) >= 11 is 0. The van der Waals surface area contributed by atoms with Crippen LogP contribution in [0.1, 0.15) is 11.1 Å². The van der Waals surface area contributed by atoms with E-state index in [0.717, 1.165) is 5.56 Å². The number of cyclic esters (lactones) is 1. The van der Waals surface area contributed by atoms with Crippen molar-refractivity contribution in [3.05, 3.63) is 47.0 Å². The third-order valence-electron chi connectivity index (χ3n) is 6.94. The van der Waals surface area contributed by atoms with Gasteiger partial charge in [0.1, 0.15) is 24.4 Å². The van der Waals surface area contributed by atoms with Crippen molar-refractivity contribution in [2.75, 3.05) is 34.2 Å². The van der Waals surface area contributed by atoms with Crippen molar-refractivity contribution in [3.8, 4) is 28.7 Å². The van der Waals surface area contributed by atoms with Gasteiger partial charge in [-0.3, -0.25) is 0 Å². The van der Waals surface area contributed by atoms with Crippen molar-refractivity contribution in [1.82, 2.24) is 0 Å². The molecule has 3 aliphatic rings. The maximum Gasteiger partial charge on any atom is 0.334 e. The number of methoxy groups -OCH3 is 2. The lowest BCUT2D eigenvalue weighted by molar-refractivity contribution is -0.277. The Hall–Kier alpha value is -3.55. The number of carbonyl (C=O) groups excluding carboxylic acids is 1. The van der Waals surface area contributed by atoms with E-state index in [1.165, 1.54) is 0 Å². The van der Waals surface area contributed by atoms with Crippen LogP contribution in [-0.4, -0.2) is 91.3 Å². The van der Waals surface area contributed by atoms with Gasteiger partial charge in [0, 0.05) is 17.1 Å². The van der Waals surface area contributed by atoms with Gasteiger partial charge in [-0.1, -0.05) is 6.07 Å². The number of benzene rings is 2. The van der Waals surface area contributed by atoms with Crippen LogP contribution in [0.4, 0.5) is 0 Å². The molecule has 210 valence electrons. The van der Waals surface area contributed by atoms with Crippen LogP contribution in [0.3, 0.4) is 0 Å². The molecule has 0 aromatic heterocycles. The van der Waals surface area contributed by atoms with E-state index in [2.05, 4.69) is 0 Å². The lowest BCUT2D eigenvalue weighted by Gasteiger charge is -2.39. The molecule has 5 rings (SSSR count). The zero-order valence-electron chi connectivity index (χ0n) is 21.3. The van der Waals surface area contributed by atoms with Crippen LogP contribution in [-0.2, 0) is 20.7 Å². The van der Waals surface area contributed by atoms with E-state index in [1.54, 1.807) is 38.5 Å². The number of aliphatic hydroxyl groups excluding tert-OH is 4. The number of fused-ring (bicyclic) bond motifs is 1. The lowest BCUT2D eigenvalue weighted by Crippen LogP contribution is -2.60. The topological polar surface area (TPSA) is 163 Å². The maximum absolute atomic E-state index is 12.8. The van der Waals surface area contributed by atoms with E-state index < -0.39 is 43.3 Å². The van der Waals surface area contributed by atoms with Gasteiger partial charge >= 0.3 is 5.97 Å². The Morgan fingerprint density at radius 3 is 2.51 bits per heavy atom. The summed E-state index contributed by atoms with van der Waals surface area (Å²) in [5.41, 5.74) is 1.70. The highest BCUT2D eigenvalue weighted by molar-refractivity contribution is 5.96. The number of esters is 1. The molecule has 39 heavy (non-hydrogen) atoms. The maximum atomic E-state index is 12.8. The molecule has 2 fully saturated rings. The number of ether oxygens (including phenoxy) is 7. The van der Waals surface area contributed by atoms with E-state index >= 15 is 0 Å². The Morgan fingerprint density at radius 2 is 1.77 bits per heavy atom. The average molecular weight is 547 g/mol. The Labute approximate surface area is 223 Å². The third kappa shape index (κ3) is 5.21. The Kier molecular flexibility index (Phi) is 7.82. The molecule has 0 aliphatic carbocycles. The molecule has 2 aromatic carbocycles. The largest absolute Gasteiger partial charge is 0.493 e. The smallest absolute Gasteiger partial charge is 0.334 e. The summed E-state index contributed by atoms with van der Waals surface area (Å²) in [6.07, 6.45) is -5.36. The van der Waals surface area contributed by atoms with E-state index in [9.17, 15) is 25.2 Å². The molecular formula is C27H30O12. The van der Waals surface area contributed by atoms with Gasteiger partial charge in [0.2, 0.25) is 18.8 Å². The Morgan fingerprint density at radius 1 is 0.974 bits per heavy atom. The number of rotatable bonds is 8. The minimum Gasteiger partial charge on any atom is -0.493 e. The van der Waals surface area contributed by atoms with E-state index in [4.69, 9.17) is 33.2 Å². The highest BCUT2D eigenvalue weighted by Crippen LogP contribution is 2.46. The number of hydrogen-bond donors (Lipinski definition) is 4. The van der Waals surface area contributed by atoms with Crippen LogP contribution < -0.4 is 23.7 Å². The van der Waals surface area contributed by atoms with Gasteiger partial charge in [-0.25, -0.2) is 4.79 Å². The van der Waals surface area contributed by atoms with Crippen molar-refractivity contribution in [1.29, 1.82) is 0 Å². The summed E-state index contributed by atoms with van der Waals surface area (Å²) < 4.78 is 38.6. The number of aliphatic hydroxyl groups is 4. The Bertz CT molecular complexity index is 1240. The van der Waals surface area contributed by atoms with Gasteiger partial charge in [0.25, 0.3) is 0 Å². The lowest BCUT2D eigenvalue weighted by atomic mass is 9.92. The fourth-order valence-electron chi connectivity index (χ4n) is 4.80. The third-order valence-corrected chi connectivity index (χ3v) is 6.94.